The van der Waals surface area contributed by atoms with E-state index < -0.39 is 42.4 Å². The minimum atomic E-state index is -1.05. The highest BCUT2D eigenvalue weighted by molar-refractivity contribution is 6.06. The fraction of sp³-hybridized carbons (Fsp3) is 0.308. The van der Waals surface area contributed by atoms with Crippen molar-refractivity contribution in [1.29, 1.82) is 0 Å². The van der Waals surface area contributed by atoms with Crippen molar-refractivity contribution in [2.24, 2.45) is 0 Å². The zero-order valence-corrected chi connectivity index (χ0v) is 19.6. The Morgan fingerprint density at radius 1 is 0.914 bits per heavy atom. The first-order valence-corrected chi connectivity index (χ1v) is 11.0. The summed E-state index contributed by atoms with van der Waals surface area (Å²) < 4.78 is 22.2. The first kappa shape index (κ1) is 25.6. The topological polar surface area (TPSA) is 117 Å². The molecule has 1 N–H and O–H groups in total. The molecule has 4 atom stereocenters. The summed E-state index contributed by atoms with van der Waals surface area (Å²) in [6.07, 6.45) is 0.221. The molecule has 35 heavy (non-hydrogen) atoms. The van der Waals surface area contributed by atoms with Gasteiger partial charge in [-0.05, 0) is 35.9 Å². The lowest BCUT2D eigenvalue weighted by Gasteiger charge is -2.41. The van der Waals surface area contributed by atoms with E-state index in [4.69, 9.17) is 18.9 Å². The molecular weight excluding hydrogens is 454 g/mol. The van der Waals surface area contributed by atoms with Gasteiger partial charge in [0.2, 0.25) is 12.2 Å². The van der Waals surface area contributed by atoms with Crippen LogP contribution in [0.4, 0.5) is 0 Å². The average molecular weight is 482 g/mol. The van der Waals surface area contributed by atoms with Gasteiger partial charge in [0.1, 0.15) is 11.8 Å². The number of carbonyl (C=O) groups is 4. The van der Waals surface area contributed by atoms with Crippen LogP contribution in [0.25, 0.3) is 6.08 Å². The predicted molar refractivity (Wildman–Crippen MR) is 125 cm³/mol. The molecule has 1 saturated heterocycles. The van der Waals surface area contributed by atoms with Crippen LogP contribution in [0.5, 0.6) is 5.75 Å². The summed E-state index contributed by atoms with van der Waals surface area (Å²) in [5.41, 5.74) is 1.37. The lowest BCUT2D eigenvalue weighted by molar-refractivity contribution is -0.222. The molecule has 0 aliphatic carbocycles. The number of benzene rings is 2. The van der Waals surface area contributed by atoms with Crippen molar-refractivity contribution in [2.75, 3.05) is 6.61 Å². The van der Waals surface area contributed by atoms with E-state index in [2.05, 4.69) is 5.32 Å². The molecule has 3 rings (SSSR count). The normalized spacial score (nSPS) is 21.7. The Bertz CT molecular complexity index is 1080. The molecule has 9 nitrogen and oxygen atoms in total. The first-order valence-electron chi connectivity index (χ1n) is 11.0. The number of hydrogen-bond donors (Lipinski definition) is 1. The maximum atomic E-state index is 12.5. The van der Waals surface area contributed by atoms with Crippen molar-refractivity contribution < 1.29 is 38.1 Å². The fourth-order valence-corrected chi connectivity index (χ4v) is 3.59. The van der Waals surface area contributed by atoms with E-state index in [1.165, 1.54) is 26.8 Å². The summed E-state index contributed by atoms with van der Waals surface area (Å²) in [6.45, 7) is 3.61. The maximum Gasteiger partial charge on any atom is 0.303 e. The van der Waals surface area contributed by atoms with Crippen LogP contribution in [-0.4, -0.2) is 54.8 Å². The number of rotatable bonds is 8. The Hall–Kier alpha value is -3.98. The lowest BCUT2D eigenvalue weighted by atomic mass is 10.0. The van der Waals surface area contributed by atoms with Crippen molar-refractivity contribution in [3.63, 3.8) is 0 Å². The second-order valence-electron chi connectivity index (χ2n) is 7.90. The van der Waals surface area contributed by atoms with E-state index in [0.717, 1.165) is 5.56 Å². The number of ether oxygens (including phenoxy) is 4. The third-order valence-electron chi connectivity index (χ3n) is 5.05. The summed E-state index contributed by atoms with van der Waals surface area (Å²) in [6, 6.07) is 14.9. The first-order chi connectivity index (χ1) is 16.7. The van der Waals surface area contributed by atoms with Crippen molar-refractivity contribution in [1.82, 2.24) is 5.32 Å². The molecule has 0 aromatic heterocycles. The van der Waals surface area contributed by atoms with E-state index in [1.54, 1.807) is 30.3 Å². The number of amides is 1. The summed E-state index contributed by atoms with van der Waals surface area (Å²) in [5, 5.41) is 2.65. The molecule has 0 saturated carbocycles. The maximum absolute atomic E-state index is 12.5. The minimum Gasteiger partial charge on any atom is -0.463 e. The van der Waals surface area contributed by atoms with Gasteiger partial charge < -0.3 is 24.3 Å². The number of carbonyl (C=O) groups excluding carboxylic acids is 4. The molecule has 0 spiro atoms. The average Bonchev–Trinajstić information content (AvgIpc) is 2.81. The van der Waals surface area contributed by atoms with Crippen molar-refractivity contribution >= 4 is 29.7 Å². The molecule has 184 valence electrons. The molecular formula is C26H27NO8. The summed E-state index contributed by atoms with van der Waals surface area (Å²) >= 11 is 0. The Kier molecular flexibility index (Phi) is 8.74. The summed E-state index contributed by atoms with van der Waals surface area (Å²) in [7, 11) is 0. The van der Waals surface area contributed by atoms with Gasteiger partial charge in [-0.1, -0.05) is 36.4 Å². The van der Waals surface area contributed by atoms with Crippen LogP contribution in [0.3, 0.4) is 0 Å². The Morgan fingerprint density at radius 3 is 2.17 bits per heavy atom. The van der Waals surface area contributed by atoms with E-state index in [1.807, 2.05) is 30.3 Å². The van der Waals surface area contributed by atoms with Crippen LogP contribution in [0.1, 0.15) is 36.7 Å². The van der Waals surface area contributed by atoms with Gasteiger partial charge in [-0.2, -0.15) is 0 Å². The van der Waals surface area contributed by atoms with Gasteiger partial charge in [0.25, 0.3) is 0 Å². The number of allylic oxidation sites excluding steroid dienone is 1. The van der Waals surface area contributed by atoms with Gasteiger partial charge in [0.15, 0.2) is 18.0 Å². The van der Waals surface area contributed by atoms with Crippen molar-refractivity contribution in [2.45, 2.75) is 45.3 Å². The molecule has 1 aliphatic heterocycles. The highest BCUT2D eigenvalue weighted by Gasteiger charge is 2.46. The second kappa shape index (κ2) is 11.9. The predicted octanol–water partition coefficient (Wildman–Crippen LogP) is 2.69. The van der Waals surface area contributed by atoms with E-state index in [-0.39, 0.29) is 12.4 Å². The van der Waals surface area contributed by atoms with Gasteiger partial charge in [0.05, 0.1) is 6.61 Å². The fourth-order valence-electron chi connectivity index (χ4n) is 3.59. The highest BCUT2D eigenvalue weighted by Crippen LogP contribution is 2.25. The zero-order valence-electron chi connectivity index (χ0n) is 19.6. The molecule has 1 amide bonds. The largest absolute Gasteiger partial charge is 0.463 e. The van der Waals surface area contributed by atoms with Gasteiger partial charge in [-0.25, -0.2) is 0 Å². The summed E-state index contributed by atoms with van der Waals surface area (Å²) in [4.78, 5) is 47.5. The van der Waals surface area contributed by atoms with Crippen LogP contribution in [0.15, 0.2) is 60.7 Å². The minimum absolute atomic E-state index is 0.112. The SMILES string of the molecule is CC(=O)N[C@@H]1[C@H](Oc2ccc(C(=O)/C=C\c3ccccc3)cc2)OC[C@@H](OC(C)=O)[C@H]1OC(C)=O. The Balaban J connectivity index is 1.73. The lowest BCUT2D eigenvalue weighted by Crippen LogP contribution is -2.63. The molecule has 9 heteroatoms. The molecule has 0 bridgehead atoms. The van der Waals surface area contributed by atoms with Crippen LogP contribution in [0, 0.1) is 0 Å². The number of nitrogens with one attached hydrogen (secondary N) is 1. The van der Waals surface area contributed by atoms with E-state index in [9.17, 15) is 19.2 Å². The number of esters is 2. The monoisotopic (exact) mass is 481 g/mol. The highest BCUT2D eigenvalue weighted by atomic mass is 16.7. The van der Waals surface area contributed by atoms with Gasteiger partial charge in [0, 0.05) is 26.3 Å². The van der Waals surface area contributed by atoms with Crippen molar-refractivity contribution in [3.05, 3.63) is 71.8 Å². The quantitative estimate of drug-likeness (QED) is 0.348. The Morgan fingerprint density at radius 2 is 1.57 bits per heavy atom. The molecule has 2 aromatic rings. The van der Waals surface area contributed by atoms with E-state index >= 15 is 0 Å². The Labute approximate surface area is 203 Å². The molecule has 1 aliphatic rings. The van der Waals surface area contributed by atoms with E-state index in [0.29, 0.717) is 11.3 Å². The third kappa shape index (κ3) is 7.51. The van der Waals surface area contributed by atoms with Crippen LogP contribution in [-0.2, 0) is 28.6 Å². The zero-order chi connectivity index (χ0) is 25.4. The molecule has 0 radical (unpaired) electrons. The molecule has 2 aromatic carbocycles. The van der Waals surface area contributed by atoms with Crippen LogP contribution in [0.2, 0.25) is 0 Å². The van der Waals surface area contributed by atoms with Crippen molar-refractivity contribution in [3.8, 4) is 5.75 Å². The van der Waals surface area contributed by atoms with Gasteiger partial charge in [-0.3, -0.25) is 19.2 Å². The molecule has 1 fully saturated rings. The molecule has 0 unspecified atom stereocenters. The second-order valence-corrected chi connectivity index (χ2v) is 7.90. The van der Waals surface area contributed by atoms with Crippen LogP contribution < -0.4 is 10.1 Å². The van der Waals surface area contributed by atoms with Crippen LogP contribution >= 0.6 is 0 Å². The number of ketones is 1. The number of hydrogen-bond acceptors (Lipinski definition) is 8. The summed E-state index contributed by atoms with van der Waals surface area (Å²) in [5.74, 6) is -1.43. The standard InChI is InChI=1S/C26H27NO8/c1-16(28)27-24-25(34-18(3)30)23(33-17(2)29)15-32-26(24)35-21-12-10-20(11-13-21)22(31)14-9-19-7-5-4-6-8-19/h4-14,23-26H,15H2,1-3H3,(H,27,28)/b14-9-/t23-,24+,25-,26+/m1/s1. The smallest absolute Gasteiger partial charge is 0.303 e. The molecule has 1 heterocycles. The van der Waals surface area contributed by atoms with Gasteiger partial charge >= 0.3 is 11.9 Å². The third-order valence-corrected chi connectivity index (χ3v) is 5.05. The van der Waals surface area contributed by atoms with Gasteiger partial charge in [-0.15, -0.1) is 0 Å².